The van der Waals surface area contributed by atoms with E-state index in [1.165, 1.54) is 5.56 Å². The second-order valence-corrected chi connectivity index (χ2v) is 3.14. The molecule has 1 aromatic carbocycles. The Morgan fingerprint density at radius 2 is 1.86 bits per heavy atom. The van der Waals surface area contributed by atoms with Gasteiger partial charge in [0, 0.05) is 6.54 Å². The largest absolute Gasteiger partial charge is 0.355 e. The number of amides is 1. The first-order valence-corrected chi connectivity index (χ1v) is 4.72. The van der Waals surface area contributed by atoms with Crippen molar-refractivity contribution in [3.05, 3.63) is 48.0 Å². The Labute approximate surface area is 84.6 Å². The Hall–Kier alpha value is -1.57. The van der Waals surface area contributed by atoms with E-state index in [-0.39, 0.29) is 0 Å². The predicted octanol–water partition coefficient (Wildman–Crippen LogP) is 2.05. The first-order chi connectivity index (χ1) is 6.86. The highest BCUT2D eigenvalue weighted by Gasteiger charge is 1.93. The summed E-state index contributed by atoms with van der Waals surface area (Å²) in [6.07, 6.45) is 4.67. The van der Waals surface area contributed by atoms with Crippen LogP contribution in [0.4, 0.5) is 0 Å². The van der Waals surface area contributed by atoms with Gasteiger partial charge in [0.1, 0.15) is 0 Å². The van der Waals surface area contributed by atoms with Gasteiger partial charge in [0.2, 0.25) is 6.41 Å². The standard InChI is InChI=1S/C12H15NO/c1-2-3-4-11-5-7-12(8-6-11)9-13-10-14/h2,5-8,10H,1,3-4,9H2,(H,13,14). The zero-order chi connectivity index (χ0) is 10.2. The molecule has 14 heavy (non-hydrogen) atoms. The number of benzene rings is 1. The van der Waals surface area contributed by atoms with E-state index in [9.17, 15) is 4.79 Å². The number of allylic oxidation sites excluding steroid dienone is 1. The van der Waals surface area contributed by atoms with Crippen LogP contribution in [0.15, 0.2) is 36.9 Å². The van der Waals surface area contributed by atoms with Crippen LogP contribution < -0.4 is 5.32 Å². The van der Waals surface area contributed by atoms with Crippen molar-refractivity contribution in [2.24, 2.45) is 0 Å². The molecular weight excluding hydrogens is 174 g/mol. The fourth-order valence-corrected chi connectivity index (χ4v) is 1.25. The van der Waals surface area contributed by atoms with Crippen LogP contribution >= 0.6 is 0 Å². The zero-order valence-electron chi connectivity index (χ0n) is 8.20. The average molecular weight is 189 g/mol. The second-order valence-electron chi connectivity index (χ2n) is 3.14. The van der Waals surface area contributed by atoms with Gasteiger partial charge >= 0.3 is 0 Å². The molecule has 0 radical (unpaired) electrons. The zero-order valence-corrected chi connectivity index (χ0v) is 8.20. The van der Waals surface area contributed by atoms with Gasteiger partial charge in [-0.25, -0.2) is 0 Å². The van der Waals surface area contributed by atoms with Crippen LogP contribution in [0.5, 0.6) is 0 Å². The van der Waals surface area contributed by atoms with Crippen LogP contribution in [-0.4, -0.2) is 6.41 Å². The van der Waals surface area contributed by atoms with Crippen LogP contribution in [0.1, 0.15) is 17.5 Å². The highest BCUT2D eigenvalue weighted by Crippen LogP contribution is 2.06. The summed E-state index contributed by atoms with van der Waals surface area (Å²) in [6, 6.07) is 8.25. The quantitative estimate of drug-likeness (QED) is 0.538. The first kappa shape index (κ1) is 10.5. The summed E-state index contributed by atoms with van der Waals surface area (Å²) in [7, 11) is 0. The van der Waals surface area contributed by atoms with Crippen molar-refractivity contribution in [2.45, 2.75) is 19.4 Å². The van der Waals surface area contributed by atoms with Crippen molar-refractivity contribution in [3.8, 4) is 0 Å². The summed E-state index contributed by atoms with van der Waals surface area (Å²) in [5.74, 6) is 0. The van der Waals surface area contributed by atoms with Crippen molar-refractivity contribution in [1.82, 2.24) is 5.32 Å². The highest BCUT2D eigenvalue weighted by molar-refractivity contribution is 5.46. The third kappa shape index (κ3) is 3.44. The van der Waals surface area contributed by atoms with E-state index < -0.39 is 0 Å². The Bertz CT molecular complexity index is 259. The van der Waals surface area contributed by atoms with E-state index in [1.54, 1.807) is 0 Å². The number of aryl methyl sites for hydroxylation is 1. The third-order valence-corrected chi connectivity index (χ3v) is 2.05. The highest BCUT2D eigenvalue weighted by atomic mass is 16.1. The molecule has 0 aliphatic carbocycles. The summed E-state index contributed by atoms with van der Waals surface area (Å²) >= 11 is 0. The molecule has 0 saturated heterocycles. The maximum Gasteiger partial charge on any atom is 0.207 e. The number of hydrogen-bond donors (Lipinski definition) is 1. The maximum absolute atomic E-state index is 10.1. The maximum atomic E-state index is 10.1. The Kier molecular flexibility index (Phi) is 4.48. The van der Waals surface area contributed by atoms with E-state index in [1.807, 2.05) is 18.2 Å². The topological polar surface area (TPSA) is 29.1 Å². The molecule has 0 unspecified atom stereocenters. The number of rotatable bonds is 6. The molecule has 0 atom stereocenters. The van der Waals surface area contributed by atoms with Crippen LogP contribution in [0.3, 0.4) is 0 Å². The van der Waals surface area contributed by atoms with Crippen molar-refractivity contribution in [1.29, 1.82) is 0 Å². The predicted molar refractivity (Wildman–Crippen MR) is 57.9 cm³/mol. The molecule has 0 fully saturated rings. The van der Waals surface area contributed by atoms with Gasteiger partial charge in [-0.15, -0.1) is 6.58 Å². The minimum atomic E-state index is 0.602. The van der Waals surface area contributed by atoms with E-state index in [4.69, 9.17) is 0 Å². The van der Waals surface area contributed by atoms with Gasteiger partial charge < -0.3 is 5.32 Å². The van der Waals surface area contributed by atoms with Gasteiger partial charge in [0.15, 0.2) is 0 Å². The first-order valence-electron chi connectivity index (χ1n) is 4.72. The number of carbonyl (C=O) groups is 1. The fourth-order valence-electron chi connectivity index (χ4n) is 1.25. The van der Waals surface area contributed by atoms with Crippen LogP contribution in [-0.2, 0) is 17.8 Å². The minimum absolute atomic E-state index is 0.602. The van der Waals surface area contributed by atoms with Crippen LogP contribution in [0, 0.1) is 0 Å². The lowest BCUT2D eigenvalue weighted by Gasteiger charge is -2.02. The molecule has 0 aromatic heterocycles. The van der Waals surface area contributed by atoms with Gasteiger partial charge in [0.05, 0.1) is 0 Å². The van der Waals surface area contributed by atoms with E-state index >= 15 is 0 Å². The van der Waals surface area contributed by atoms with Crippen molar-refractivity contribution < 1.29 is 4.79 Å². The van der Waals surface area contributed by atoms with E-state index in [2.05, 4.69) is 24.0 Å². The molecule has 0 heterocycles. The van der Waals surface area contributed by atoms with Gasteiger partial charge in [-0.05, 0) is 24.0 Å². The van der Waals surface area contributed by atoms with E-state index in [0.717, 1.165) is 18.4 Å². The van der Waals surface area contributed by atoms with Crippen molar-refractivity contribution in [2.75, 3.05) is 0 Å². The molecule has 0 aliphatic rings. The molecule has 0 spiro atoms. The summed E-state index contributed by atoms with van der Waals surface area (Å²) in [5, 5.41) is 2.63. The fraction of sp³-hybridized carbons (Fsp3) is 0.250. The monoisotopic (exact) mass is 189 g/mol. The Morgan fingerprint density at radius 1 is 1.21 bits per heavy atom. The molecular formula is C12H15NO. The molecule has 0 aliphatic heterocycles. The lowest BCUT2D eigenvalue weighted by atomic mass is 10.1. The smallest absolute Gasteiger partial charge is 0.207 e. The van der Waals surface area contributed by atoms with Gasteiger partial charge in [-0.1, -0.05) is 30.3 Å². The Morgan fingerprint density at radius 3 is 2.43 bits per heavy atom. The molecule has 74 valence electrons. The van der Waals surface area contributed by atoms with Gasteiger partial charge in [-0.3, -0.25) is 4.79 Å². The van der Waals surface area contributed by atoms with Gasteiger partial charge in [0.25, 0.3) is 0 Å². The lowest BCUT2D eigenvalue weighted by molar-refractivity contribution is -0.109. The molecule has 1 aromatic rings. The van der Waals surface area contributed by atoms with Crippen molar-refractivity contribution in [3.63, 3.8) is 0 Å². The molecule has 2 nitrogen and oxygen atoms in total. The summed E-state index contributed by atoms with van der Waals surface area (Å²) in [6.45, 7) is 4.29. The molecule has 2 heteroatoms. The molecule has 0 bridgehead atoms. The minimum Gasteiger partial charge on any atom is -0.355 e. The number of nitrogens with one attached hydrogen (secondary N) is 1. The second kappa shape index (κ2) is 5.97. The summed E-state index contributed by atoms with van der Waals surface area (Å²) in [4.78, 5) is 10.1. The number of hydrogen-bond acceptors (Lipinski definition) is 1. The normalized spacial score (nSPS) is 9.43. The van der Waals surface area contributed by atoms with Crippen LogP contribution in [0.2, 0.25) is 0 Å². The van der Waals surface area contributed by atoms with Crippen molar-refractivity contribution >= 4 is 6.41 Å². The molecule has 0 saturated carbocycles. The van der Waals surface area contributed by atoms with Gasteiger partial charge in [-0.2, -0.15) is 0 Å². The Balaban J connectivity index is 2.49. The molecule has 1 N–H and O–H groups in total. The van der Waals surface area contributed by atoms with Crippen LogP contribution in [0.25, 0.3) is 0 Å². The molecule has 1 rings (SSSR count). The average Bonchev–Trinajstić information content (AvgIpc) is 2.25. The van der Waals surface area contributed by atoms with E-state index in [0.29, 0.717) is 13.0 Å². The molecule has 1 amide bonds. The third-order valence-electron chi connectivity index (χ3n) is 2.05. The number of carbonyl (C=O) groups excluding carboxylic acids is 1. The summed E-state index contributed by atoms with van der Waals surface area (Å²) in [5.41, 5.74) is 2.43. The summed E-state index contributed by atoms with van der Waals surface area (Å²) < 4.78 is 0. The lowest BCUT2D eigenvalue weighted by Crippen LogP contribution is -2.09. The SMILES string of the molecule is C=CCCc1ccc(CNC=O)cc1.